The molecule has 0 aliphatic heterocycles. The minimum Gasteiger partial charge on any atom is -0.376 e. The molecule has 13 heavy (non-hydrogen) atoms. The molecular formula is C10H22N2S. The van der Waals surface area contributed by atoms with Crippen LogP contribution in [0.1, 0.15) is 46.5 Å². The topological polar surface area (TPSA) is 38.0 Å². The van der Waals surface area contributed by atoms with Crippen LogP contribution in [-0.2, 0) is 0 Å². The highest BCUT2D eigenvalue weighted by molar-refractivity contribution is 7.80. The monoisotopic (exact) mass is 202 g/mol. The van der Waals surface area contributed by atoms with E-state index < -0.39 is 0 Å². The molecule has 3 heteroatoms. The van der Waals surface area contributed by atoms with Crippen LogP contribution in [0.3, 0.4) is 0 Å². The first-order valence-electron chi connectivity index (χ1n) is 5.01. The zero-order valence-electron chi connectivity index (χ0n) is 9.02. The fourth-order valence-corrected chi connectivity index (χ4v) is 1.34. The smallest absolute Gasteiger partial charge is 0.163 e. The molecule has 0 unspecified atom stereocenters. The molecule has 3 N–H and O–H groups in total. The number of rotatable bonds is 6. The van der Waals surface area contributed by atoms with Crippen molar-refractivity contribution in [2.75, 3.05) is 6.54 Å². The molecule has 0 fully saturated rings. The van der Waals surface area contributed by atoms with Crippen molar-refractivity contribution in [2.24, 2.45) is 11.1 Å². The highest BCUT2D eigenvalue weighted by Crippen LogP contribution is 2.22. The Kier molecular flexibility index (Phi) is 6.04. The highest BCUT2D eigenvalue weighted by Gasteiger charge is 2.16. The Bertz CT molecular complexity index is 155. The molecule has 0 heterocycles. The van der Waals surface area contributed by atoms with Crippen LogP contribution < -0.4 is 11.1 Å². The molecule has 0 aromatic rings. The minimum absolute atomic E-state index is 0.304. The maximum atomic E-state index is 5.37. The Morgan fingerprint density at radius 1 is 1.38 bits per heavy atom. The van der Waals surface area contributed by atoms with Gasteiger partial charge in [0.25, 0.3) is 0 Å². The maximum absolute atomic E-state index is 5.37. The maximum Gasteiger partial charge on any atom is 0.163 e. The van der Waals surface area contributed by atoms with Gasteiger partial charge >= 0.3 is 0 Å². The molecule has 0 aromatic carbocycles. The number of unbranched alkanes of at least 4 members (excludes halogenated alkanes) is 2. The summed E-state index contributed by atoms with van der Waals surface area (Å²) in [7, 11) is 0. The fourth-order valence-electron chi connectivity index (χ4n) is 1.27. The number of thiocarbonyl (C=S) groups is 1. The van der Waals surface area contributed by atoms with E-state index >= 15 is 0 Å². The molecule has 0 spiro atoms. The van der Waals surface area contributed by atoms with Gasteiger partial charge in [-0.3, -0.25) is 0 Å². The van der Waals surface area contributed by atoms with Crippen molar-refractivity contribution in [2.45, 2.75) is 46.5 Å². The zero-order chi connectivity index (χ0) is 10.3. The molecule has 0 aliphatic carbocycles. The Morgan fingerprint density at radius 3 is 2.46 bits per heavy atom. The van der Waals surface area contributed by atoms with Gasteiger partial charge in [-0.05, 0) is 24.1 Å². The molecule has 2 nitrogen and oxygen atoms in total. The van der Waals surface area contributed by atoms with Gasteiger partial charge in [0.2, 0.25) is 0 Å². The van der Waals surface area contributed by atoms with Gasteiger partial charge in [-0.1, -0.05) is 40.0 Å². The lowest BCUT2D eigenvalue weighted by atomic mass is 9.87. The first-order valence-corrected chi connectivity index (χ1v) is 5.42. The summed E-state index contributed by atoms with van der Waals surface area (Å²) in [4.78, 5) is 0. The van der Waals surface area contributed by atoms with Crippen LogP contribution in [0.25, 0.3) is 0 Å². The summed E-state index contributed by atoms with van der Waals surface area (Å²) in [6.45, 7) is 7.59. The average Bonchev–Trinajstić information content (AvgIpc) is 2.02. The quantitative estimate of drug-likeness (QED) is 0.513. The Balaban J connectivity index is 3.59. The Labute approximate surface area is 87.3 Å². The van der Waals surface area contributed by atoms with Gasteiger partial charge in [0.05, 0.1) is 0 Å². The third kappa shape index (κ3) is 8.03. The van der Waals surface area contributed by atoms with E-state index in [1.165, 1.54) is 25.7 Å². The van der Waals surface area contributed by atoms with Crippen molar-refractivity contribution in [3.63, 3.8) is 0 Å². The molecule has 0 aliphatic rings. The van der Waals surface area contributed by atoms with Gasteiger partial charge in [-0.2, -0.15) is 0 Å². The van der Waals surface area contributed by atoms with E-state index in [1.807, 2.05) is 0 Å². The average molecular weight is 202 g/mol. The van der Waals surface area contributed by atoms with E-state index in [4.69, 9.17) is 18.0 Å². The first kappa shape index (κ1) is 12.7. The molecule has 0 aromatic heterocycles. The largest absolute Gasteiger partial charge is 0.376 e. The lowest BCUT2D eigenvalue weighted by Gasteiger charge is -2.24. The van der Waals surface area contributed by atoms with Crippen molar-refractivity contribution in [3.8, 4) is 0 Å². The predicted octanol–water partition coefficient (Wildman–Crippen LogP) is 2.43. The second-order valence-corrected chi connectivity index (χ2v) is 4.78. The van der Waals surface area contributed by atoms with Crippen LogP contribution in [0.4, 0.5) is 0 Å². The highest BCUT2D eigenvalue weighted by atomic mass is 32.1. The van der Waals surface area contributed by atoms with Crippen molar-refractivity contribution in [3.05, 3.63) is 0 Å². The van der Waals surface area contributed by atoms with E-state index in [1.54, 1.807) is 0 Å². The van der Waals surface area contributed by atoms with Gasteiger partial charge < -0.3 is 11.1 Å². The van der Waals surface area contributed by atoms with Gasteiger partial charge in [0, 0.05) is 6.54 Å². The molecule has 0 saturated heterocycles. The zero-order valence-corrected chi connectivity index (χ0v) is 9.84. The third-order valence-electron chi connectivity index (χ3n) is 2.20. The summed E-state index contributed by atoms with van der Waals surface area (Å²) >= 11 is 4.77. The summed E-state index contributed by atoms with van der Waals surface area (Å²) < 4.78 is 0. The number of nitrogens with two attached hydrogens (primary N) is 1. The minimum atomic E-state index is 0.304. The lowest BCUT2D eigenvalue weighted by Crippen LogP contribution is -2.37. The van der Waals surface area contributed by atoms with Gasteiger partial charge in [0.15, 0.2) is 5.11 Å². The summed E-state index contributed by atoms with van der Waals surface area (Å²) in [5.41, 5.74) is 5.68. The summed E-state index contributed by atoms with van der Waals surface area (Å²) in [6, 6.07) is 0. The molecule has 0 radical (unpaired) electrons. The van der Waals surface area contributed by atoms with E-state index in [0.29, 0.717) is 10.5 Å². The summed E-state index contributed by atoms with van der Waals surface area (Å²) in [5.74, 6) is 0. The number of nitrogens with one attached hydrogen (secondary N) is 1. The molecule has 0 atom stereocenters. The van der Waals surface area contributed by atoms with Gasteiger partial charge in [-0.25, -0.2) is 0 Å². The second kappa shape index (κ2) is 6.19. The molecule has 0 rings (SSSR count). The van der Waals surface area contributed by atoms with Crippen LogP contribution in [0.15, 0.2) is 0 Å². The predicted molar refractivity (Wildman–Crippen MR) is 62.7 cm³/mol. The summed E-state index contributed by atoms with van der Waals surface area (Å²) in [6.07, 6.45) is 5.12. The molecule has 0 saturated carbocycles. The van der Waals surface area contributed by atoms with Crippen molar-refractivity contribution < 1.29 is 0 Å². The fraction of sp³-hybridized carbons (Fsp3) is 0.900. The van der Waals surface area contributed by atoms with Crippen LogP contribution in [0.5, 0.6) is 0 Å². The Hall–Kier alpha value is -0.310. The van der Waals surface area contributed by atoms with Gasteiger partial charge in [0.1, 0.15) is 0 Å². The number of hydrogen-bond donors (Lipinski definition) is 2. The SMILES string of the molecule is CCCCCC(C)(C)CNC(N)=S. The lowest BCUT2D eigenvalue weighted by molar-refractivity contribution is 0.320. The molecule has 0 amide bonds. The van der Waals surface area contributed by atoms with E-state index in [-0.39, 0.29) is 0 Å². The van der Waals surface area contributed by atoms with Crippen molar-refractivity contribution in [1.29, 1.82) is 0 Å². The van der Waals surface area contributed by atoms with E-state index in [0.717, 1.165) is 6.54 Å². The van der Waals surface area contributed by atoms with E-state index in [2.05, 4.69) is 26.1 Å². The van der Waals surface area contributed by atoms with Crippen LogP contribution >= 0.6 is 12.2 Å². The molecule has 78 valence electrons. The molecule has 0 bridgehead atoms. The standard InChI is InChI=1S/C10H22N2S/c1-4-5-6-7-10(2,3)8-12-9(11)13/h4-8H2,1-3H3,(H3,11,12,13). The second-order valence-electron chi connectivity index (χ2n) is 4.34. The van der Waals surface area contributed by atoms with Crippen LogP contribution in [-0.4, -0.2) is 11.7 Å². The molecular weight excluding hydrogens is 180 g/mol. The Morgan fingerprint density at radius 2 is 2.00 bits per heavy atom. The summed E-state index contributed by atoms with van der Waals surface area (Å²) in [5, 5.41) is 3.43. The first-order chi connectivity index (χ1) is 5.98. The van der Waals surface area contributed by atoms with Crippen LogP contribution in [0.2, 0.25) is 0 Å². The van der Waals surface area contributed by atoms with Crippen molar-refractivity contribution >= 4 is 17.3 Å². The van der Waals surface area contributed by atoms with Crippen LogP contribution in [0, 0.1) is 5.41 Å². The normalized spacial score (nSPS) is 11.3. The van der Waals surface area contributed by atoms with Gasteiger partial charge in [-0.15, -0.1) is 0 Å². The third-order valence-corrected chi connectivity index (χ3v) is 2.34. The van der Waals surface area contributed by atoms with E-state index in [9.17, 15) is 0 Å². The number of hydrogen-bond acceptors (Lipinski definition) is 1. The van der Waals surface area contributed by atoms with Crippen molar-refractivity contribution in [1.82, 2.24) is 5.32 Å².